The first-order valence-electron chi connectivity index (χ1n) is 8.54. The molecule has 0 saturated heterocycles. The second kappa shape index (κ2) is 5.82. The smallest absolute Gasteiger partial charge is 0.253 e. The Morgan fingerprint density at radius 3 is 2.71 bits per heavy atom. The van der Waals surface area contributed by atoms with E-state index in [9.17, 15) is 4.79 Å². The number of carbonyl (C=O) groups excluding carboxylic acids is 1. The van der Waals surface area contributed by atoms with E-state index in [1.807, 2.05) is 12.1 Å². The molecule has 2 aromatic carbocycles. The summed E-state index contributed by atoms with van der Waals surface area (Å²) >= 11 is 0. The predicted molar refractivity (Wildman–Crippen MR) is 97.4 cm³/mol. The quantitative estimate of drug-likeness (QED) is 0.816. The number of fused-ring (bicyclic) bond motifs is 3. The van der Waals surface area contributed by atoms with Crippen LogP contribution in [0.4, 0.5) is 5.69 Å². The lowest BCUT2D eigenvalue weighted by Crippen LogP contribution is -2.31. The van der Waals surface area contributed by atoms with Gasteiger partial charge in [0.2, 0.25) is 0 Å². The fourth-order valence-electron chi connectivity index (χ4n) is 4.19. The van der Waals surface area contributed by atoms with Gasteiger partial charge in [0.15, 0.2) is 0 Å². The number of aryl methyl sites for hydroxylation is 1. The van der Waals surface area contributed by atoms with Gasteiger partial charge in [0.05, 0.1) is 17.3 Å². The molecule has 0 fully saturated rings. The zero-order chi connectivity index (χ0) is 16.7. The molecule has 0 radical (unpaired) electrons. The number of hydrogen-bond donors (Lipinski definition) is 2. The largest absolute Gasteiger partial charge is 0.377 e. The number of nitrogens with one attached hydrogen (secondary N) is 2. The Balaban J connectivity index is 1.85. The molecule has 4 rings (SSSR count). The Morgan fingerprint density at radius 1 is 1.12 bits per heavy atom. The second-order valence-corrected chi connectivity index (χ2v) is 6.68. The maximum Gasteiger partial charge on any atom is 0.253 e. The van der Waals surface area contributed by atoms with Crippen LogP contribution in [0.5, 0.6) is 0 Å². The highest BCUT2D eigenvalue weighted by atomic mass is 16.1. The molecule has 2 aromatic rings. The summed E-state index contributed by atoms with van der Waals surface area (Å²) in [7, 11) is 1.68. The average Bonchev–Trinajstić information content (AvgIpc) is 3.10. The maximum absolute atomic E-state index is 12.3. The van der Waals surface area contributed by atoms with Crippen molar-refractivity contribution < 1.29 is 4.79 Å². The molecule has 0 bridgehead atoms. The Kier molecular flexibility index (Phi) is 3.64. The van der Waals surface area contributed by atoms with Crippen molar-refractivity contribution in [3.63, 3.8) is 0 Å². The van der Waals surface area contributed by atoms with E-state index in [0.717, 1.165) is 17.7 Å². The molecule has 2 N–H and O–H groups in total. The van der Waals surface area contributed by atoms with Crippen molar-refractivity contribution >= 4 is 11.6 Å². The minimum absolute atomic E-state index is 0.0386. The number of hydrogen-bond acceptors (Lipinski definition) is 2. The van der Waals surface area contributed by atoms with E-state index in [-0.39, 0.29) is 11.9 Å². The van der Waals surface area contributed by atoms with Crippen LogP contribution < -0.4 is 10.6 Å². The fourth-order valence-corrected chi connectivity index (χ4v) is 4.19. The topological polar surface area (TPSA) is 41.1 Å². The Bertz CT molecular complexity index is 824. The summed E-state index contributed by atoms with van der Waals surface area (Å²) in [6.45, 7) is 2.16. The molecule has 2 aliphatic rings. The number of anilines is 1. The van der Waals surface area contributed by atoms with Crippen LogP contribution in [-0.4, -0.2) is 13.0 Å². The van der Waals surface area contributed by atoms with Gasteiger partial charge in [-0.05, 0) is 42.0 Å². The lowest BCUT2D eigenvalue weighted by atomic mass is 9.75. The van der Waals surface area contributed by atoms with Gasteiger partial charge in [-0.15, -0.1) is 0 Å². The van der Waals surface area contributed by atoms with Crippen LogP contribution in [0.1, 0.15) is 45.4 Å². The summed E-state index contributed by atoms with van der Waals surface area (Å²) in [4.78, 5) is 12.3. The van der Waals surface area contributed by atoms with Crippen LogP contribution in [0.3, 0.4) is 0 Å². The van der Waals surface area contributed by atoms with Crippen molar-refractivity contribution in [2.24, 2.45) is 5.92 Å². The molecule has 1 aliphatic heterocycles. The molecule has 122 valence electrons. The number of carbonyl (C=O) groups is 1. The third-order valence-corrected chi connectivity index (χ3v) is 5.39. The standard InChI is InChI=1S/C21H22N2O/c1-13-7-3-4-8-14(13)19-16-10-5-9-15(16)17-11-6-12-18(20(17)23-19)21(24)22-2/h3-9,11-12,15-16,19,23H,10H2,1-2H3,(H,22,24). The SMILES string of the molecule is CNC(=O)c1cccc2c1NC(c1ccccc1C)C1CC=CC21. The number of rotatable bonds is 2. The highest BCUT2D eigenvalue weighted by Gasteiger charge is 2.39. The van der Waals surface area contributed by atoms with E-state index in [0.29, 0.717) is 11.8 Å². The molecule has 3 heteroatoms. The second-order valence-electron chi connectivity index (χ2n) is 6.68. The van der Waals surface area contributed by atoms with Gasteiger partial charge in [-0.25, -0.2) is 0 Å². The molecule has 0 saturated carbocycles. The first kappa shape index (κ1) is 15.0. The first-order valence-corrected chi connectivity index (χ1v) is 8.54. The molecule has 0 aromatic heterocycles. The summed E-state index contributed by atoms with van der Waals surface area (Å²) in [5.74, 6) is 0.831. The summed E-state index contributed by atoms with van der Waals surface area (Å²) in [6, 6.07) is 14.8. The molecule has 3 nitrogen and oxygen atoms in total. The van der Waals surface area contributed by atoms with Gasteiger partial charge < -0.3 is 10.6 Å². The predicted octanol–water partition coefficient (Wildman–Crippen LogP) is 4.18. The third-order valence-electron chi connectivity index (χ3n) is 5.39. The maximum atomic E-state index is 12.3. The third kappa shape index (κ3) is 2.23. The van der Waals surface area contributed by atoms with E-state index in [1.165, 1.54) is 16.7 Å². The summed E-state index contributed by atoms with van der Waals surface area (Å²) in [5, 5.41) is 6.47. The number of allylic oxidation sites excluding steroid dienone is 2. The zero-order valence-corrected chi connectivity index (χ0v) is 14.0. The van der Waals surface area contributed by atoms with Gasteiger partial charge in [0, 0.05) is 13.0 Å². The molecule has 1 heterocycles. The van der Waals surface area contributed by atoms with Crippen LogP contribution in [0.2, 0.25) is 0 Å². The van der Waals surface area contributed by atoms with Gasteiger partial charge in [-0.1, -0.05) is 48.6 Å². The molecule has 0 spiro atoms. The van der Waals surface area contributed by atoms with E-state index in [2.05, 4.69) is 60.0 Å². The van der Waals surface area contributed by atoms with Gasteiger partial charge in [-0.3, -0.25) is 4.79 Å². The monoisotopic (exact) mass is 318 g/mol. The van der Waals surface area contributed by atoms with E-state index >= 15 is 0 Å². The van der Waals surface area contributed by atoms with Gasteiger partial charge in [0.25, 0.3) is 5.91 Å². The van der Waals surface area contributed by atoms with E-state index in [4.69, 9.17) is 0 Å². The van der Waals surface area contributed by atoms with E-state index < -0.39 is 0 Å². The molecule has 1 amide bonds. The van der Waals surface area contributed by atoms with Crippen LogP contribution >= 0.6 is 0 Å². The molecular weight excluding hydrogens is 296 g/mol. The minimum atomic E-state index is -0.0386. The Labute approximate surface area is 142 Å². The lowest BCUT2D eigenvalue weighted by molar-refractivity contribution is 0.0963. The summed E-state index contributed by atoms with van der Waals surface area (Å²) < 4.78 is 0. The number of benzene rings is 2. The molecular formula is C21H22N2O. The minimum Gasteiger partial charge on any atom is -0.377 e. The van der Waals surface area contributed by atoms with Crippen molar-refractivity contribution in [3.8, 4) is 0 Å². The van der Waals surface area contributed by atoms with Gasteiger partial charge in [0.1, 0.15) is 0 Å². The highest BCUT2D eigenvalue weighted by molar-refractivity contribution is 6.00. The van der Waals surface area contributed by atoms with Crippen LogP contribution in [0, 0.1) is 12.8 Å². The van der Waals surface area contributed by atoms with Crippen molar-refractivity contribution in [3.05, 3.63) is 76.9 Å². The molecule has 24 heavy (non-hydrogen) atoms. The molecule has 3 atom stereocenters. The van der Waals surface area contributed by atoms with E-state index in [1.54, 1.807) is 7.05 Å². The highest BCUT2D eigenvalue weighted by Crippen LogP contribution is 2.50. The van der Waals surface area contributed by atoms with Crippen molar-refractivity contribution in [1.29, 1.82) is 0 Å². The van der Waals surface area contributed by atoms with Crippen molar-refractivity contribution in [2.75, 3.05) is 12.4 Å². The van der Waals surface area contributed by atoms with Crippen LogP contribution in [0.25, 0.3) is 0 Å². The summed E-state index contributed by atoms with van der Waals surface area (Å²) in [6.07, 6.45) is 5.66. The van der Waals surface area contributed by atoms with Crippen LogP contribution in [-0.2, 0) is 0 Å². The van der Waals surface area contributed by atoms with Gasteiger partial charge in [-0.2, -0.15) is 0 Å². The van der Waals surface area contributed by atoms with Crippen LogP contribution in [0.15, 0.2) is 54.6 Å². The number of amides is 1. The van der Waals surface area contributed by atoms with Crippen molar-refractivity contribution in [2.45, 2.75) is 25.3 Å². The van der Waals surface area contributed by atoms with Gasteiger partial charge >= 0.3 is 0 Å². The Morgan fingerprint density at radius 2 is 1.92 bits per heavy atom. The average molecular weight is 318 g/mol. The molecule has 1 aliphatic carbocycles. The fraction of sp³-hybridized carbons (Fsp3) is 0.286. The molecule has 3 unspecified atom stereocenters. The normalized spacial score (nSPS) is 24.0. The van der Waals surface area contributed by atoms with Crippen molar-refractivity contribution in [1.82, 2.24) is 5.32 Å². The lowest BCUT2D eigenvalue weighted by Gasteiger charge is -2.39. The summed E-state index contributed by atoms with van der Waals surface area (Å²) in [5.41, 5.74) is 5.57. The Hall–Kier alpha value is -2.55. The number of para-hydroxylation sites is 1. The first-order chi connectivity index (χ1) is 11.7. The zero-order valence-electron chi connectivity index (χ0n) is 14.0.